The molecule has 0 amide bonds. The molecule has 1 nitrogen and oxygen atoms in total. The molecule has 0 unspecified atom stereocenters. The van der Waals surface area contributed by atoms with Crippen LogP contribution in [-0.4, -0.2) is 12.6 Å². The van der Waals surface area contributed by atoms with Gasteiger partial charge in [-0.25, -0.2) is 0 Å². The predicted molar refractivity (Wildman–Crippen MR) is 62.1 cm³/mol. The molecule has 1 aliphatic rings. The third kappa shape index (κ3) is 1.41. The molecule has 0 aromatic heterocycles. The van der Waals surface area contributed by atoms with Crippen LogP contribution in [0, 0.1) is 13.8 Å². The number of hydrogen-bond donors (Lipinski definition) is 0. The molecule has 0 radical (unpaired) electrons. The topological polar surface area (TPSA) is 3.24 Å². The smallest absolute Gasteiger partial charge is 0.0404 e. The number of benzene rings is 1. The minimum Gasteiger partial charge on any atom is -0.369 e. The van der Waals surface area contributed by atoms with E-state index in [9.17, 15) is 0 Å². The van der Waals surface area contributed by atoms with Crippen LogP contribution < -0.4 is 4.90 Å². The van der Waals surface area contributed by atoms with E-state index in [1.165, 1.54) is 35.3 Å². The lowest BCUT2D eigenvalue weighted by atomic mass is 10.0. The van der Waals surface area contributed by atoms with Crippen molar-refractivity contribution in [1.82, 2.24) is 0 Å². The van der Waals surface area contributed by atoms with Crippen LogP contribution in [-0.2, 0) is 6.42 Å². The summed E-state index contributed by atoms with van der Waals surface area (Å²) in [6.07, 6.45) is 1.22. The normalized spacial score (nSPS) is 15.1. The number of anilines is 1. The average Bonchev–Trinajstić information content (AvgIpc) is 2.48. The van der Waals surface area contributed by atoms with Gasteiger partial charge in [-0.15, -0.1) is 0 Å². The van der Waals surface area contributed by atoms with Gasteiger partial charge in [-0.05, 0) is 56.9 Å². The highest BCUT2D eigenvalue weighted by Gasteiger charge is 2.21. The molecule has 0 bridgehead atoms. The van der Waals surface area contributed by atoms with E-state index in [0.717, 1.165) is 0 Å². The molecule has 0 saturated heterocycles. The first kappa shape index (κ1) is 9.57. The van der Waals surface area contributed by atoms with E-state index < -0.39 is 0 Å². The maximum atomic E-state index is 2.50. The first-order valence-electron chi connectivity index (χ1n) is 5.46. The Morgan fingerprint density at radius 3 is 2.43 bits per heavy atom. The standard InChI is InChI=1S/C13H19N/c1-9(2)14-6-5-12-7-10(3)11(4)8-13(12)14/h7-9H,5-6H2,1-4H3. The Kier molecular flexibility index (Phi) is 2.26. The van der Waals surface area contributed by atoms with Crippen LogP contribution in [0.1, 0.15) is 30.5 Å². The average molecular weight is 189 g/mol. The van der Waals surface area contributed by atoms with E-state index in [1.807, 2.05) is 0 Å². The molecular formula is C13H19N. The summed E-state index contributed by atoms with van der Waals surface area (Å²) in [6.45, 7) is 10.1. The van der Waals surface area contributed by atoms with Crippen molar-refractivity contribution in [2.75, 3.05) is 11.4 Å². The van der Waals surface area contributed by atoms with Crippen LogP contribution in [0.2, 0.25) is 0 Å². The van der Waals surface area contributed by atoms with Gasteiger partial charge < -0.3 is 4.90 Å². The molecule has 0 N–H and O–H groups in total. The maximum absolute atomic E-state index is 2.50. The molecule has 1 heterocycles. The molecule has 76 valence electrons. The van der Waals surface area contributed by atoms with E-state index >= 15 is 0 Å². The fraction of sp³-hybridized carbons (Fsp3) is 0.538. The monoisotopic (exact) mass is 189 g/mol. The van der Waals surface area contributed by atoms with Crippen molar-refractivity contribution in [2.45, 2.75) is 40.2 Å². The Morgan fingerprint density at radius 2 is 1.79 bits per heavy atom. The zero-order chi connectivity index (χ0) is 10.3. The Balaban J connectivity index is 2.45. The first-order chi connectivity index (χ1) is 6.59. The number of nitrogens with zero attached hydrogens (tertiary/aromatic N) is 1. The van der Waals surface area contributed by atoms with Gasteiger partial charge >= 0.3 is 0 Å². The quantitative estimate of drug-likeness (QED) is 0.656. The van der Waals surface area contributed by atoms with Crippen molar-refractivity contribution in [3.63, 3.8) is 0 Å². The summed E-state index contributed by atoms with van der Waals surface area (Å²) in [5, 5.41) is 0. The van der Waals surface area contributed by atoms with Gasteiger partial charge in [0.25, 0.3) is 0 Å². The van der Waals surface area contributed by atoms with Crippen LogP contribution in [0.15, 0.2) is 12.1 Å². The molecule has 0 aliphatic carbocycles. The van der Waals surface area contributed by atoms with Crippen LogP contribution >= 0.6 is 0 Å². The van der Waals surface area contributed by atoms with Gasteiger partial charge in [0, 0.05) is 18.3 Å². The first-order valence-corrected chi connectivity index (χ1v) is 5.46. The molecule has 1 heteroatoms. The zero-order valence-corrected chi connectivity index (χ0v) is 9.59. The highest BCUT2D eigenvalue weighted by molar-refractivity contribution is 5.61. The zero-order valence-electron chi connectivity index (χ0n) is 9.59. The summed E-state index contributed by atoms with van der Waals surface area (Å²) < 4.78 is 0. The molecule has 14 heavy (non-hydrogen) atoms. The fourth-order valence-corrected chi connectivity index (χ4v) is 2.23. The lowest BCUT2D eigenvalue weighted by Crippen LogP contribution is -2.28. The van der Waals surface area contributed by atoms with Gasteiger partial charge in [-0.1, -0.05) is 6.07 Å². The lowest BCUT2D eigenvalue weighted by Gasteiger charge is -2.24. The minimum atomic E-state index is 0.623. The molecular weight excluding hydrogens is 170 g/mol. The fourth-order valence-electron chi connectivity index (χ4n) is 2.23. The summed E-state index contributed by atoms with van der Waals surface area (Å²) in [5.74, 6) is 0. The summed E-state index contributed by atoms with van der Waals surface area (Å²) in [7, 11) is 0. The Labute approximate surface area is 86.7 Å². The van der Waals surface area contributed by atoms with Crippen LogP contribution in [0.25, 0.3) is 0 Å². The third-order valence-corrected chi connectivity index (χ3v) is 3.25. The maximum Gasteiger partial charge on any atom is 0.0404 e. The number of fused-ring (bicyclic) bond motifs is 1. The summed E-state index contributed by atoms with van der Waals surface area (Å²) in [5.41, 5.74) is 5.83. The predicted octanol–water partition coefficient (Wildman–Crippen LogP) is 3.07. The summed E-state index contributed by atoms with van der Waals surface area (Å²) in [6, 6.07) is 5.32. The molecule has 1 aromatic rings. The van der Waals surface area contributed by atoms with Gasteiger partial charge in [-0.3, -0.25) is 0 Å². The Bertz CT molecular complexity index is 352. The Morgan fingerprint density at radius 1 is 1.14 bits per heavy atom. The van der Waals surface area contributed by atoms with Gasteiger partial charge in [0.1, 0.15) is 0 Å². The van der Waals surface area contributed by atoms with Gasteiger partial charge in [0.2, 0.25) is 0 Å². The van der Waals surface area contributed by atoms with E-state index in [4.69, 9.17) is 0 Å². The molecule has 0 spiro atoms. The van der Waals surface area contributed by atoms with E-state index in [2.05, 4.69) is 44.7 Å². The van der Waals surface area contributed by atoms with E-state index in [-0.39, 0.29) is 0 Å². The second-order valence-corrected chi connectivity index (χ2v) is 4.60. The third-order valence-electron chi connectivity index (χ3n) is 3.25. The second kappa shape index (κ2) is 3.30. The van der Waals surface area contributed by atoms with Crippen LogP contribution in [0.3, 0.4) is 0 Å². The second-order valence-electron chi connectivity index (χ2n) is 4.60. The van der Waals surface area contributed by atoms with Gasteiger partial charge in [0.05, 0.1) is 0 Å². The molecule has 0 saturated carbocycles. The van der Waals surface area contributed by atoms with Crippen LogP contribution in [0.4, 0.5) is 5.69 Å². The summed E-state index contributed by atoms with van der Waals surface area (Å²) >= 11 is 0. The van der Waals surface area contributed by atoms with Crippen molar-refractivity contribution in [2.24, 2.45) is 0 Å². The van der Waals surface area contributed by atoms with Crippen molar-refractivity contribution < 1.29 is 0 Å². The number of aryl methyl sites for hydroxylation is 2. The van der Waals surface area contributed by atoms with Crippen molar-refractivity contribution >= 4 is 5.69 Å². The highest BCUT2D eigenvalue weighted by atomic mass is 15.2. The SMILES string of the molecule is Cc1cc2c(cc1C)N(C(C)C)CC2. The van der Waals surface area contributed by atoms with Crippen molar-refractivity contribution in [1.29, 1.82) is 0 Å². The largest absolute Gasteiger partial charge is 0.369 e. The Hall–Kier alpha value is -0.980. The van der Waals surface area contributed by atoms with Gasteiger partial charge in [0.15, 0.2) is 0 Å². The van der Waals surface area contributed by atoms with Gasteiger partial charge in [-0.2, -0.15) is 0 Å². The van der Waals surface area contributed by atoms with E-state index in [0.29, 0.717) is 6.04 Å². The molecule has 0 fully saturated rings. The molecule has 2 rings (SSSR count). The van der Waals surface area contributed by atoms with E-state index in [1.54, 1.807) is 0 Å². The van der Waals surface area contributed by atoms with Crippen LogP contribution in [0.5, 0.6) is 0 Å². The van der Waals surface area contributed by atoms with Crippen molar-refractivity contribution in [3.8, 4) is 0 Å². The number of rotatable bonds is 1. The molecule has 0 atom stereocenters. The van der Waals surface area contributed by atoms with Crippen molar-refractivity contribution in [3.05, 3.63) is 28.8 Å². The summed E-state index contributed by atoms with van der Waals surface area (Å²) in [4.78, 5) is 2.50. The lowest BCUT2D eigenvalue weighted by molar-refractivity contribution is 0.710. The molecule has 1 aromatic carbocycles. The highest BCUT2D eigenvalue weighted by Crippen LogP contribution is 2.31. The minimum absolute atomic E-state index is 0.623. The molecule has 1 aliphatic heterocycles. The number of hydrogen-bond acceptors (Lipinski definition) is 1.